The van der Waals surface area contributed by atoms with Crippen molar-refractivity contribution < 1.29 is 9.53 Å². The zero-order chi connectivity index (χ0) is 16.4. The van der Waals surface area contributed by atoms with Gasteiger partial charge in [0.15, 0.2) is 0 Å². The molecule has 2 atom stereocenters. The first-order chi connectivity index (χ1) is 11.8. The number of amides is 2. The molecule has 0 radical (unpaired) electrons. The van der Waals surface area contributed by atoms with Crippen molar-refractivity contribution in [2.24, 2.45) is 0 Å². The van der Waals surface area contributed by atoms with E-state index in [2.05, 4.69) is 30.9 Å². The van der Waals surface area contributed by atoms with Gasteiger partial charge in [-0.05, 0) is 44.1 Å². The fourth-order valence-corrected chi connectivity index (χ4v) is 3.54. The minimum absolute atomic E-state index is 0.0267. The van der Waals surface area contributed by atoms with Gasteiger partial charge in [0.25, 0.3) is 0 Å². The van der Waals surface area contributed by atoms with Crippen LogP contribution in [0.15, 0.2) is 18.2 Å². The van der Waals surface area contributed by atoms with Crippen LogP contribution in [0.3, 0.4) is 0 Å². The summed E-state index contributed by atoms with van der Waals surface area (Å²) in [5.41, 5.74) is 2.20. The number of nitrogens with one attached hydrogen (secondary N) is 3. The lowest BCUT2D eigenvalue weighted by atomic mass is 10.1. The number of carbonyl (C=O) groups is 1. The molecule has 2 aromatic rings. The van der Waals surface area contributed by atoms with Crippen LogP contribution in [0.25, 0.3) is 11.0 Å². The SMILES string of the molecule is O=C(Nc1ccc2n[nH]nc2c1)N[C@H]1COC[C@@H]1N1CCCCC1. The number of hydrogen-bond donors (Lipinski definition) is 3. The predicted octanol–water partition coefficient (Wildman–Crippen LogP) is 1.33. The third-order valence-electron chi connectivity index (χ3n) is 4.80. The van der Waals surface area contributed by atoms with Crippen molar-refractivity contribution in [3.8, 4) is 0 Å². The Kier molecular flexibility index (Phi) is 4.31. The highest BCUT2D eigenvalue weighted by Crippen LogP contribution is 2.19. The molecule has 0 unspecified atom stereocenters. The normalized spacial score (nSPS) is 25.0. The number of rotatable bonds is 3. The van der Waals surface area contributed by atoms with Crippen molar-refractivity contribution in [1.29, 1.82) is 0 Å². The summed E-state index contributed by atoms with van der Waals surface area (Å²) in [5, 5.41) is 16.5. The molecule has 2 fully saturated rings. The molecule has 0 saturated carbocycles. The van der Waals surface area contributed by atoms with Crippen LogP contribution in [-0.4, -0.2) is 64.7 Å². The number of carbonyl (C=O) groups excluding carboxylic acids is 1. The van der Waals surface area contributed by atoms with Gasteiger partial charge >= 0.3 is 6.03 Å². The molecule has 3 N–H and O–H groups in total. The van der Waals surface area contributed by atoms with Crippen LogP contribution in [0.4, 0.5) is 10.5 Å². The Morgan fingerprint density at radius 2 is 2.00 bits per heavy atom. The molecule has 1 aromatic heterocycles. The fourth-order valence-electron chi connectivity index (χ4n) is 3.54. The molecular weight excluding hydrogens is 308 g/mol. The number of hydrogen-bond acceptors (Lipinski definition) is 5. The van der Waals surface area contributed by atoms with Gasteiger partial charge in [0.1, 0.15) is 11.0 Å². The molecule has 0 bridgehead atoms. The zero-order valence-electron chi connectivity index (χ0n) is 13.5. The average Bonchev–Trinajstić information content (AvgIpc) is 3.24. The highest BCUT2D eigenvalue weighted by molar-refractivity contribution is 5.91. The number of fused-ring (bicyclic) bond motifs is 1. The summed E-state index contributed by atoms with van der Waals surface area (Å²) in [6, 6.07) is 5.52. The number of urea groups is 1. The van der Waals surface area contributed by atoms with E-state index in [-0.39, 0.29) is 18.1 Å². The van der Waals surface area contributed by atoms with Crippen molar-refractivity contribution in [2.75, 3.05) is 31.6 Å². The maximum atomic E-state index is 12.3. The lowest BCUT2D eigenvalue weighted by molar-refractivity contribution is 0.125. The summed E-state index contributed by atoms with van der Waals surface area (Å²) in [6.07, 6.45) is 3.76. The van der Waals surface area contributed by atoms with E-state index in [4.69, 9.17) is 4.74 Å². The van der Waals surface area contributed by atoms with E-state index in [1.54, 1.807) is 6.07 Å². The lowest BCUT2D eigenvalue weighted by Gasteiger charge is -2.34. The van der Waals surface area contributed by atoms with Crippen molar-refractivity contribution in [3.05, 3.63) is 18.2 Å². The molecule has 8 heteroatoms. The van der Waals surface area contributed by atoms with Gasteiger partial charge in [-0.2, -0.15) is 15.4 Å². The molecular formula is C16H22N6O2. The van der Waals surface area contributed by atoms with Crippen LogP contribution in [0.1, 0.15) is 19.3 Å². The van der Waals surface area contributed by atoms with Crippen molar-refractivity contribution in [2.45, 2.75) is 31.3 Å². The van der Waals surface area contributed by atoms with Crippen molar-refractivity contribution in [3.63, 3.8) is 0 Å². The fraction of sp³-hybridized carbons (Fsp3) is 0.562. The van der Waals surface area contributed by atoms with Gasteiger partial charge in [-0.15, -0.1) is 0 Å². The summed E-state index contributed by atoms with van der Waals surface area (Å²) >= 11 is 0. The Morgan fingerprint density at radius 1 is 1.17 bits per heavy atom. The molecule has 0 spiro atoms. The second-order valence-corrected chi connectivity index (χ2v) is 6.43. The first-order valence-corrected chi connectivity index (χ1v) is 8.49. The van der Waals surface area contributed by atoms with Crippen LogP contribution >= 0.6 is 0 Å². The van der Waals surface area contributed by atoms with Crippen LogP contribution in [0, 0.1) is 0 Å². The highest BCUT2D eigenvalue weighted by atomic mass is 16.5. The predicted molar refractivity (Wildman–Crippen MR) is 89.9 cm³/mol. The van der Waals surface area contributed by atoms with E-state index in [0.717, 1.165) is 24.1 Å². The Morgan fingerprint density at radius 3 is 2.88 bits per heavy atom. The van der Waals surface area contributed by atoms with Gasteiger partial charge < -0.3 is 15.4 Å². The number of aromatic amines is 1. The summed E-state index contributed by atoms with van der Waals surface area (Å²) < 4.78 is 5.61. The van der Waals surface area contributed by atoms with Gasteiger partial charge in [0.2, 0.25) is 0 Å². The van der Waals surface area contributed by atoms with E-state index in [9.17, 15) is 4.79 Å². The van der Waals surface area contributed by atoms with Gasteiger partial charge in [0, 0.05) is 5.69 Å². The maximum Gasteiger partial charge on any atom is 0.319 e. The van der Waals surface area contributed by atoms with E-state index in [1.165, 1.54) is 19.3 Å². The minimum atomic E-state index is -0.213. The highest BCUT2D eigenvalue weighted by Gasteiger charge is 2.34. The van der Waals surface area contributed by atoms with E-state index >= 15 is 0 Å². The Labute approximate surface area is 139 Å². The summed E-state index contributed by atoms with van der Waals surface area (Å²) in [5.74, 6) is 0. The second kappa shape index (κ2) is 6.74. The number of anilines is 1. The number of aromatic nitrogens is 3. The molecule has 24 heavy (non-hydrogen) atoms. The number of likely N-dealkylation sites (tertiary alicyclic amines) is 1. The lowest BCUT2D eigenvalue weighted by Crippen LogP contribution is -2.53. The number of nitrogens with zero attached hydrogens (tertiary/aromatic N) is 3. The molecule has 0 aliphatic carbocycles. The Bertz CT molecular complexity index is 711. The standard InChI is InChI=1S/C16H22N6O2/c23-16(17-11-4-5-12-13(8-11)20-21-19-12)18-14-9-24-10-15(14)22-6-2-1-3-7-22/h4-5,8,14-15H,1-3,6-7,9-10H2,(H2,17,18,23)(H,19,20,21)/t14-,15-/m0/s1. The minimum Gasteiger partial charge on any atom is -0.378 e. The van der Waals surface area contributed by atoms with Crippen LogP contribution in [0.5, 0.6) is 0 Å². The number of benzene rings is 1. The Balaban J connectivity index is 1.37. The largest absolute Gasteiger partial charge is 0.378 e. The molecule has 4 rings (SSSR count). The third-order valence-corrected chi connectivity index (χ3v) is 4.80. The first-order valence-electron chi connectivity index (χ1n) is 8.49. The molecule has 8 nitrogen and oxygen atoms in total. The first kappa shape index (κ1) is 15.3. The summed E-state index contributed by atoms with van der Waals surface area (Å²) in [7, 11) is 0. The van der Waals surface area contributed by atoms with Crippen LogP contribution in [0.2, 0.25) is 0 Å². The van der Waals surface area contributed by atoms with Crippen LogP contribution < -0.4 is 10.6 Å². The topological polar surface area (TPSA) is 95.2 Å². The van der Waals surface area contributed by atoms with Crippen molar-refractivity contribution in [1.82, 2.24) is 25.6 Å². The summed E-state index contributed by atoms with van der Waals surface area (Å²) in [6.45, 7) is 3.44. The number of piperidine rings is 1. The van der Waals surface area contributed by atoms with Gasteiger partial charge in [-0.3, -0.25) is 4.90 Å². The molecule has 1 aromatic carbocycles. The van der Waals surface area contributed by atoms with E-state index < -0.39 is 0 Å². The number of ether oxygens (including phenoxy) is 1. The zero-order valence-corrected chi connectivity index (χ0v) is 13.5. The molecule has 2 saturated heterocycles. The molecule has 128 valence electrons. The van der Waals surface area contributed by atoms with E-state index in [1.807, 2.05) is 12.1 Å². The molecule has 2 aliphatic rings. The molecule has 2 amide bonds. The second-order valence-electron chi connectivity index (χ2n) is 6.43. The monoisotopic (exact) mass is 330 g/mol. The van der Waals surface area contributed by atoms with Gasteiger partial charge in [-0.1, -0.05) is 6.42 Å². The van der Waals surface area contributed by atoms with Crippen molar-refractivity contribution >= 4 is 22.8 Å². The summed E-state index contributed by atoms with van der Waals surface area (Å²) in [4.78, 5) is 14.8. The van der Waals surface area contributed by atoms with Crippen LogP contribution in [-0.2, 0) is 4.74 Å². The maximum absolute atomic E-state index is 12.3. The van der Waals surface area contributed by atoms with E-state index in [0.29, 0.717) is 18.9 Å². The third kappa shape index (κ3) is 3.20. The number of H-pyrrole nitrogens is 1. The molecule has 2 aliphatic heterocycles. The smallest absolute Gasteiger partial charge is 0.319 e. The quantitative estimate of drug-likeness (QED) is 0.789. The van der Waals surface area contributed by atoms with Gasteiger partial charge in [0.05, 0.1) is 25.3 Å². The average molecular weight is 330 g/mol. The Hall–Kier alpha value is -2.19. The molecule has 3 heterocycles. The van der Waals surface area contributed by atoms with Gasteiger partial charge in [-0.25, -0.2) is 4.79 Å².